The maximum atomic E-state index is 12.2. The first kappa shape index (κ1) is 20.9. The third-order valence-electron chi connectivity index (χ3n) is 4.66. The molecule has 1 aromatic heterocycles. The number of furan rings is 1. The number of hydrogen-bond donors (Lipinski definition) is 1. The quantitative estimate of drug-likeness (QED) is 0.338. The van der Waals surface area contributed by atoms with E-state index < -0.39 is 0 Å². The van der Waals surface area contributed by atoms with E-state index in [0.29, 0.717) is 13.2 Å². The molecule has 0 bridgehead atoms. The fraction of sp³-hybridized carbons (Fsp3) is 0.208. The Kier molecular flexibility index (Phi) is 6.60. The summed E-state index contributed by atoms with van der Waals surface area (Å²) in [5.74, 6) is 0.572. The number of ether oxygens (including phenoxy) is 1. The van der Waals surface area contributed by atoms with Gasteiger partial charge in [-0.05, 0) is 50.1 Å². The van der Waals surface area contributed by atoms with Gasteiger partial charge in [-0.3, -0.25) is 4.79 Å². The largest absolute Gasteiger partial charge is 0.493 e. The van der Waals surface area contributed by atoms with Gasteiger partial charge in [0.15, 0.2) is 0 Å². The molecule has 0 saturated carbocycles. The van der Waals surface area contributed by atoms with Crippen LogP contribution < -0.4 is 10.1 Å². The summed E-state index contributed by atoms with van der Waals surface area (Å²) in [6.45, 7) is 10.4. The molecule has 29 heavy (non-hydrogen) atoms. The second-order valence-corrected chi connectivity index (χ2v) is 7.62. The molecule has 0 saturated heterocycles. The van der Waals surface area contributed by atoms with Crippen LogP contribution in [0.15, 0.2) is 64.2 Å². The van der Waals surface area contributed by atoms with Gasteiger partial charge < -0.3 is 14.5 Å². The Morgan fingerprint density at radius 1 is 1.34 bits per heavy atom. The van der Waals surface area contributed by atoms with Gasteiger partial charge in [0.1, 0.15) is 11.3 Å². The molecule has 0 unspecified atom stereocenters. The summed E-state index contributed by atoms with van der Waals surface area (Å²) in [7, 11) is 0. The molecule has 0 atom stereocenters. The van der Waals surface area contributed by atoms with E-state index in [1.807, 2.05) is 45.0 Å². The first-order valence-electron chi connectivity index (χ1n) is 9.47. The predicted molar refractivity (Wildman–Crippen MR) is 122 cm³/mol. The highest BCUT2D eigenvalue weighted by Gasteiger charge is 2.19. The highest BCUT2D eigenvalue weighted by Crippen LogP contribution is 2.41. The Bertz CT molecular complexity index is 1090. The average Bonchev–Trinajstić information content (AvgIpc) is 3.12. The Labute approximate surface area is 179 Å². The van der Waals surface area contributed by atoms with Crippen LogP contribution >= 0.6 is 15.9 Å². The second kappa shape index (κ2) is 9.14. The first-order chi connectivity index (χ1) is 14.0. The van der Waals surface area contributed by atoms with Gasteiger partial charge >= 0.3 is 0 Å². The van der Waals surface area contributed by atoms with Crippen molar-refractivity contribution in [3.8, 4) is 16.9 Å². The van der Waals surface area contributed by atoms with Gasteiger partial charge in [-0.2, -0.15) is 0 Å². The van der Waals surface area contributed by atoms with Crippen molar-refractivity contribution in [2.24, 2.45) is 0 Å². The van der Waals surface area contributed by atoms with E-state index in [0.717, 1.165) is 49.0 Å². The van der Waals surface area contributed by atoms with E-state index in [1.165, 1.54) is 0 Å². The van der Waals surface area contributed by atoms with Crippen molar-refractivity contribution in [2.75, 3.05) is 13.2 Å². The minimum atomic E-state index is -0.165. The number of nitrogens with one attached hydrogen (secondary N) is 1. The normalized spacial score (nSPS) is 11.5. The monoisotopic (exact) mass is 453 g/mol. The number of amides is 1. The molecule has 0 aliphatic heterocycles. The summed E-state index contributed by atoms with van der Waals surface area (Å²) in [5.41, 5.74) is 5.45. The molecule has 0 radical (unpaired) electrons. The average molecular weight is 454 g/mol. The minimum absolute atomic E-state index is 0.165. The zero-order valence-corrected chi connectivity index (χ0v) is 18.4. The first-order valence-corrected chi connectivity index (χ1v) is 10.3. The summed E-state index contributed by atoms with van der Waals surface area (Å²) in [4.78, 5) is 12.2. The number of aryl methyl sites for hydroxylation is 1. The van der Waals surface area contributed by atoms with Gasteiger partial charge in [0.25, 0.3) is 0 Å². The van der Waals surface area contributed by atoms with E-state index in [9.17, 15) is 4.79 Å². The molecule has 3 aromatic rings. The third-order valence-corrected chi connectivity index (χ3v) is 5.15. The van der Waals surface area contributed by atoms with Crippen LogP contribution in [0.25, 0.3) is 27.7 Å². The molecule has 5 heteroatoms. The molecule has 0 fully saturated rings. The van der Waals surface area contributed by atoms with Crippen LogP contribution in [0.5, 0.6) is 5.75 Å². The van der Waals surface area contributed by atoms with Gasteiger partial charge in [-0.1, -0.05) is 34.1 Å². The third kappa shape index (κ3) is 4.46. The van der Waals surface area contributed by atoms with Crippen LogP contribution in [0, 0.1) is 6.92 Å². The van der Waals surface area contributed by atoms with E-state index in [-0.39, 0.29) is 5.91 Å². The zero-order chi connectivity index (χ0) is 21.0. The number of hydrogen-bond acceptors (Lipinski definition) is 3. The molecule has 0 spiro atoms. The number of allylic oxidation sites excluding steroid dienone is 1. The smallest absolute Gasteiger partial charge is 0.244 e. The van der Waals surface area contributed by atoms with Gasteiger partial charge in [-0.15, -0.1) is 6.58 Å². The summed E-state index contributed by atoms with van der Waals surface area (Å²) in [5, 5.41) is 3.76. The molecule has 1 heterocycles. The lowest BCUT2D eigenvalue weighted by Gasteiger charge is -2.15. The van der Waals surface area contributed by atoms with Crippen molar-refractivity contribution >= 4 is 38.4 Å². The topological polar surface area (TPSA) is 51.5 Å². The van der Waals surface area contributed by atoms with E-state index >= 15 is 0 Å². The van der Waals surface area contributed by atoms with Crippen molar-refractivity contribution in [1.82, 2.24) is 5.32 Å². The molecular formula is C24H24BrNO3. The van der Waals surface area contributed by atoms with Crippen molar-refractivity contribution in [3.05, 3.63) is 70.9 Å². The highest BCUT2D eigenvalue weighted by atomic mass is 79.9. The second-order valence-electron chi connectivity index (χ2n) is 6.71. The van der Waals surface area contributed by atoms with Crippen LogP contribution in [0.2, 0.25) is 0 Å². The number of fused-ring (bicyclic) bond motifs is 1. The molecular weight excluding hydrogens is 430 g/mol. The summed E-state index contributed by atoms with van der Waals surface area (Å²) in [6.07, 6.45) is 5.01. The van der Waals surface area contributed by atoms with Gasteiger partial charge in [0.2, 0.25) is 5.91 Å². The van der Waals surface area contributed by atoms with Crippen molar-refractivity contribution in [3.63, 3.8) is 0 Å². The fourth-order valence-corrected chi connectivity index (χ4v) is 3.72. The van der Waals surface area contributed by atoms with Crippen molar-refractivity contribution in [1.29, 1.82) is 0 Å². The maximum Gasteiger partial charge on any atom is 0.244 e. The van der Waals surface area contributed by atoms with Crippen LogP contribution in [0.3, 0.4) is 0 Å². The van der Waals surface area contributed by atoms with E-state index in [1.54, 1.807) is 18.4 Å². The fourth-order valence-electron chi connectivity index (χ4n) is 3.32. The molecule has 3 rings (SSSR count). The Morgan fingerprint density at radius 3 is 2.83 bits per heavy atom. The Morgan fingerprint density at radius 2 is 2.14 bits per heavy atom. The van der Waals surface area contributed by atoms with Crippen LogP contribution in [-0.2, 0) is 4.79 Å². The number of carbonyl (C=O) groups excluding carboxylic acids is 1. The summed E-state index contributed by atoms with van der Waals surface area (Å²) < 4.78 is 12.9. The molecule has 0 aliphatic rings. The van der Waals surface area contributed by atoms with Gasteiger partial charge in [-0.25, -0.2) is 0 Å². The Balaban J connectivity index is 2.18. The Hall–Kier alpha value is -2.79. The number of carbonyl (C=O) groups is 1. The number of rotatable bonds is 7. The maximum absolute atomic E-state index is 12.2. The van der Waals surface area contributed by atoms with E-state index in [4.69, 9.17) is 9.15 Å². The summed E-state index contributed by atoms with van der Waals surface area (Å²) >= 11 is 3.53. The standard InChI is InChI=1S/C24H24BrNO3/c1-5-10-26-22(27)11-15(3)19-13-20-21(17-8-7-9-18(25)12-17)14-29-24(20)16(4)23(19)28-6-2/h5,7-9,11-14H,1,6,10H2,2-4H3,(H,26,27)/b15-11+. The van der Waals surface area contributed by atoms with E-state index in [2.05, 4.69) is 33.9 Å². The summed E-state index contributed by atoms with van der Waals surface area (Å²) in [6, 6.07) is 10.1. The number of benzene rings is 2. The lowest BCUT2D eigenvalue weighted by molar-refractivity contribution is -0.116. The molecule has 4 nitrogen and oxygen atoms in total. The number of halogens is 1. The van der Waals surface area contributed by atoms with Crippen LogP contribution in [0.1, 0.15) is 25.0 Å². The van der Waals surface area contributed by atoms with Gasteiger partial charge in [0, 0.05) is 39.2 Å². The van der Waals surface area contributed by atoms with Crippen LogP contribution in [-0.4, -0.2) is 19.1 Å². The molecule has 0 aliphatic carbocycles. The molecule has 2 aromatic carbocycles. The molecule has 1 amide bonds. The minimum Gasteiger partial charge on any atom is -0.493 e. The lowest BCUT2D eigenvalue weighted by atomic mass is 9.96. The van der Waals surface area contributed by atoms with Gasteiger partial charge in [0.05, 0.1) is 12.9 Å². The van der Waals surface area contributed by atoms with Crippen molar-refractivity contribution in [2.45, 2.75) is 20.8 Å². The highest BCUT2D eigenvalue weighted by molar-refractivity contribution is 9.10. The van der Waals surface area contributed by atoms with Crippen molar-refractivity contribution < 1.29 is 13.9 Å². The SMILES string of the molecule is C=CCNC(=O)/C=C(\C)c1cc2c(-c3cccc(Br)c3)coc2c(C)c1OCC. The molecule has 150 valence electrons. The zero-order valence-electron chi connectivity index (χ0n) is 16.8. The molecule has 1 N–H and O–H groups in total. The predicted octanol–water partition coefficient (Wildman–Crippen LogP) is 6.27. The van der Waals surface area contributed by atoms with Crippen LogP contribution in [0.4, 0.5) is 0 Å². The lowest BCUT2D eigenvalue weighted by Crippen LogP contribution is -2.20.